The molecule has 0 aliphatic carbocycles. The number of fused-ring (bicyclic) bond motifs is 1. The monoisotopic (exact) mass is 196 g/mol. The number of hydrogen-bond acceptors (Lipinski definition) is 1. The van der Waals surface area contributed by atoms with Gasteiger partial charge in [0, 0.05) is 0 Å². The van der Waals surface area contributed by atoms with Crippen molar-refractivity contribution in [1.29, 1.82) is 0 Å². The minimum absolute atomic E-state index is 0.322. The summed E-state index contributed by atoms with van der Waals surface area (Å²) in [6.07, 6.45) is 0. The average molecular weight is 196 g/mol. The van der Waals surface area contributed by atoms with Crippen LogP contribution in [0.1, 0.15) is 0 Å². The molecule has 1 heterocycles. The van der Waals surface area contributed by atoms with E-state index in [1.165, 1.54) is 0 Å². The SMILES string of the molecule is FCCn1c(=S)[nH]c2ccccc21. The number of benzene rings is 1. The van der Waals surface area contributed by atoms with Crippen LogP contribution in [0, 0.1) is 4.77 Å². The molecule has 0 aliphatic rings. The molecule has 4 heteroatoms. The van der Waals surface area contributed by atoms with Gasteiger partial charge in [-0.05, 0) is 24.4 Å². The third kappa shape index (κ3) is 1.37. The highest BCUT2D eigenvalue weighted by molar-refractivity contribution is 7.71. The van der Waals surface area contributed by atoms with Crippen molar-refractivity contribution in [3.8, 4) is 0 Å². The second kappa shape index (κ2) is 3.30. The van der Waals surface area contributed by atoms with Crippen molar-refractivity contribution in [2.45, 2.75) is 6.54 Å². The van der Waals surface area contributed by atoms with Gasteiger partial charge in [0.2, 0.25) is 0 Å². The number of rotatable bonds is 2. The number of para-hydroxylation sites is 2. The number of aromatic nitrogens is 2. The fourth-order valence-electron chi connectivity index (χ4n) is 1.41. The number of aryl methyl sites for hydroxylation is 1. The van der Waals surface area contributed by atoms with Gasteiger partial charge in [-0.15, -0.1) is 0 Å². The maximum absolute atomic E-state index is 12.2. The molecule has 0 spiro atoms. The minimum atomic E-state index is -0.393. The van der Waals surface area contributed by atoms with Crippen molar-refractivity contribution < 1.29 is 4.39 Å². The van der Waals surface area contributed by atoms with E-state index in [0.717, 1.165) is 11.0 Å². The van der Waals surface area contributed by atoms with Crippen molar-refractivity contribution in [3.05, 3.63) is 29.0 Å². The third-order valence-electron chi connectivity index (χ3n) is 1.99. The van der Waals surface area contributed by atoms with E-state index in [1.54, 1.807) is 4.57 Å². The molecule has 68 valence electrons. The topological polar surface area (TPSA) is 20.7 Å². The van der Waals surface area contributed by atoms with Crippen LogP contribution in [0.25, 0.3) is 11.0 Å². The van der Waals surface area contributed by atoms with Crippen molar-refractivity contribution in [3.63, 3.8) is 0 Å². The molecule has 0 radical (unpaired) electrons. The number of nitrogens with zero attached hydrogens (tertiary/aromatic N) is 1. The van der Waals surface area contributed by atoms with Gasteiger partial charge >= 0.3 is 0 Å². The van der Waals surface area contributed by atoms with Crippen LogP contribution in [0.15, 0.2) is 24.3 Å². The van der Waals surface area contributed by atoms with Crippen LogP contribution in [-0.4, -0.2) is 16.2 Å². The van der Waals surface area contributed by atoms with E-state index in [9.17, 15) is 4.39 Å². The zero-order valence-electron chi connectivity index (χ0n) is 6.96. The average Bonchev–Trinajstić information content (AvgIpc) is 2.44. The van der Waals surface area contributed by atoms with E-state index in [4.69, 9.17) is 12.2 Å². The van der Waals surface area contributed by atoms with Gasteiger partial charge in [-0.25, -0.2) is 4.39 Å². The Morgan fingerprint density at radius 2 is 2.15 bits per heavy atom. The smallest absolute Gasteiger partial charge is 0.178 e. The molecule has 2 aromatic rings. The zero-order valence-corrected chi connectivity index (χ0v) is 7.77. The molecule has 0 fully saturated rings. The fraction of sp³-hybridized carbons (Fsp3) is 0.222. The van der Waals surface area contributed by atoms with Crippen LogP contribution in [0.5, 0.6) is 0 Å². The highest BCUT2D eigenvalue weighted by Gasteiger charge is 2.01. The normalized spacial score (nSPS) is 10.8. The van der Waals surface area contributed by atoms with Gasteiger partial charge in [0.25, 0.3) is 0 Å². The number of halogens is 1. The Hall–Kier alpha value is -1.16. The first-order valence-electron chi connectivity index (χ1n) is 4.06. The lowest BCUT2D eigenvalue weighted by Gasteiger charge is -1.98. The first kappa shape index (κ1) is 8.44. The molecule has 1 N–H and O–H groups in total. The number of aromatic amines is 1. The van der Waals surface area contributed by atoms with Crippen LogP contribution in [0.4, 0.5) is 4.39 Å². The maximum atomic E-state index is 12.2. The molecular weight excluding hydrogens is 187 g/mol. The summed E-state index contributed by atoms with van der Waals surface area (Å²) in [6.45, 7) is -0.0704. The van der Waals surface area contributed by atoms with Gasteiger partial charge in [0.15, 0.2) is 4.77 Å². The van der Waals surface area contributed by atoms with E-state index in [1.807, 2.05) is 24.3 Å². The summed E-state index contributed by atoms with van der Waals surface area (Å²) in [7, 11) is 0. The largest absolute Gasteiger partial charge is 0.331 e. The lowest BCUT2D eigenvalue weighted by Crippen LogP contribution is -1.98. The summed E-state index contributed by atoms with van der Waals surface area (Å²) in [5.74, 6) is 0. The zero-order chi connectivity index (χ0) is 9.26. The van der Waals surface area contributed by atoms with E-state index in [-0.39, 0.29) is 0 Å². The number of alkyl halides is 1. The maximum Gasteiger partial charge on any atom is 0.178 e. The predicted octanol–water partition coefficient (Wildman–Crippen LogP) is 2.67. The Kier molecular flexibility index (Phi) is 2.14. The quantitative estimate of drug-likeness (QED) is 0.732. The van der Waals surface area contributed by atoms with Crippen molar-refractivity contribution in [2.24, 2.45) is 0 Å². The molecule has 0 amide bonds. The molecule has 1 aromatic carbocycles. The van der Waals surface area contributed by atoms with Crippen LogP contribution >= 0.6 is 12.2 Å². The van der Waals surface area contributed by atoms with Gasteiger partial charge in [-0.3, -0.25) is 0 Å². The summed E-state index contributed by atoms with van der Waals surface area (Å²) < 4.78 is 14.5. The lowest BCUT2D eigenvalue weighted by atomic mass is 10.3. The van der Waals surface area contributed by atoms with Crippen LogP contribution in [0.3, 0.4) is 0 Å². The summed E-state index contributed by atoms with van der Waals surface area (Å²) in [5, 5.41) is 0. The second-order valence-electron chi connectivity index (χ2n) is 2.79. The summed E-state index contributed by atoms with van der Waals surface area (Å²) >= 11 is 5.06. The van der Waals surface area contributed by atoms with E-state index >= 15 is 0 Å². The van der Waals surface area contributed by atoms with Gasteiger partial charge in [0.1, 0.15) is 6.67 Å². The Labute approximate surface area is 80.0 Å². The standard InChI is InChI=1S/C9H9FN2S/c10-5-6-12-8-4-2-1-3-7(8)11-9(12)13/h1-4H,5-6H2,(H,11,13). The van der Waals surface area contributed by atoms with Crippen molar-refractivity contribution in [1.82, 2.24) is 9.55 Å². The minimum Gasteiger partial charge on any atom is -0.331 e. The van der Waals surface area contributed by atoms with E-state index < -0.39 is 6.67 Å². The predicted molar refractivity (Wildman–Crippen MR) is 53.1 cm³/mol. The van der Waals surface area contributed by atoms with Crippen molar-refractivity contribution >= 4 is 23.3 Å². The van der Waals surface area contributed by atoms with E-state index in [0.29, 0.717) is 11.3 Å². The highest BCUT2D eigenvalue weighted by atomic mass is 32.1. The van der Waals surface area contributed by atoms with Gasteiger partial charge in [0.05, 0.1) is 17.6 Å². The molecule has 0 bridgehead atoms. The molecule has 0 aliphatic heterocycles. The van der Waals surface area contributed by atoms with Crippen LogP contribution in [-0.2, 0) is 6.54 Å². The Morgan fingerprint density at radius 1 is 1.38 bits per heavy atom. The lowest BCUT2D eigenvalue weighted by molar-refractivity contribution is 0.448. The molecule has 0 unspecified atom stereocenters. The van der Waals surface area contributed by atoms with Crippen LogP contribution in [0.2, 0.25) is 0 Å². The van der Waals surface area contributed by atoms with Crippen LogP contribution < -0.4 is 0 Å². The van der Waals surface area contributed by atoms with Gasteiger partial charge in [-0.2, -0.15) is 0 Å². The molecule has 1 aromatic heterocycles. The number of hydrogen-bond donors (Lipinski definition) is 1. The Bertz CT molecular complexity index is 472. The molecule has 0 saturated carbocycles. The molecule has 2 rings (SSSR count). The molecular formula is C9H9FN2S. The summed E-state index contributed by atoms with van der Waals surface area (Å²) in [6, 6.07) is 7.70. The number of imidazole rings is 1. The summed E-state index contributed by atoms with van der Waals surface area (Å²) in [4.78, 5) is 3.02. The van der Waals surface area contributed by atoms with Gasteiger partial charge in [-0.1, -0.05) is 12.1 Å². The first-order chi connectivity index (χ1) is 6.33. The molecule has 0 saturated heterocycles. The number of nitrogens with one attached hydrogen (secondary N) is 1. The molecule has 2 nitrogen and oxygen atoms in total. The van der Waals surface area contributed by atoms with Gasteiger partial charge < -0.3 is 9.55 Å². The third-order valence-corrected chi connectivity index (χ3v) is 2.31. The Balaban J connectivity index is 2.71. The van der Waals surface area contributed by atoms with E-state index in [2.05, 4.69) is 4.98 Å². The molecule has 0 atom stereocenters. The summed E-state index contributed by atoms with van der Waals surface area (Å²) in [5.41, 5.74) is 1.92. The number of H-pyrrole nitrogens is 1. The van der Waals surface area contributed by atoms with Crippen molar-refractivity contribution in [2.75, 3.05) is 6.67 Å². The molecule has 13 heavy (non-hydrogen) atoms. The Morgan fingerprint density at radius 3 is 2.92 bits per heavy atom. The first-order valence-corrected chi connectivity index (χ1v) is 4.47. The fourth-order valence-corrected chi connectivity index (χ4v) is 1.71. The highest BCUT2D eigenvalue weighted by Crippen LogP contribution is 2.12. The second-order valence-corrected chi connectivity index (χ2v) is 3.17.